The molecule has 2 rings (SSSR count). The molecule has 4 nitrogen and oxygen atoms in total. The van der Waals surface area contributed by atoms with Gasteiger partial charge in [0.25, 0.3) is 0 Å². The second-order valence-electron chi connectivity index (χ2n) is 4.46. The first kappa shape index (κ1) is 11.6. The molecule has 1 fully saturated rings. The first-order valence-electron chi connectivity index (χ1n) is 5.54. The Balaban J connectivity index is 2.24. The minimum Gasteiger partial charge on any atom is -0.354 e. The van der Waals surface area contributed by atoms with E-state index in [1.165, 1.54) is 0 Å². The first-order chi connectivity index (χ1) is 7.57. The van der Waals surface area contributed by atoms with Crippen LogP contribution in [0.2, 0.25) is 0 Å². The van der Waals surface area contributed by atoms with E-state index in [0.717, 1.165) is 37.3 Å². The van der Waals surface area contributed by atoms with Crippen LogP contribution in [0.5, 0.6) is 0 Å². The lowest BCUT2D eigenvalue weighted by molar-refractivity contribution is 0.584. The molecule has 0 bridgehead atoms. The van der Waals surface area contributed by atoms with Gasteiger partial charge in [0.05, 0.1) is 0 Å². The Morgan fingerprint density at radius 1 is 1.38 bits per heavy atom. The molecule has 0 atom stereocenters. The fourth-order valence-electron chi connectivity index (χ4n) is 1.81. The average molecular weight is 239 g/mol. The molecule has 0 amide bonds. The molecule has 0 unspecified atom stereocenters. The summed E-state index contributed by atoms with van der Waals surface area (Å²) in [5.74, 6) is 0.947. The number of rotatable bonds is 2. The fourth-order valence-corrected chi connectivity index (χ4v) is 2.66. The van der Waals surface area contributed by atoms with Crippen molar-refractivity contribution in [2.45, 2.75) is 0 Å². The minimum absolute atomic E-state index is 0.913. The molecule has 5 heteroatoms. The molecular weight excluding hydrogens is 221 g/mol. The Bertz CT molecular complexity index is 409. The predicted molar refractivity (Wildman–Crippen MR) is 68.4 cm³/mol. The van der Waals surface area contributed by atoms with Crippen molar-refractivity contribution in [3.05, 3.63) is 18.3 Å². The third-order valence-corrected chi connectivity index (χ3v) is 4.31. The van der Waals surface area contributed by atoms with Crippen molar-refractivity contribution in [1.29, 1.82) is 0 Å². The zero-order chi connectivity index (χ0) is 11.6. The second kappa shape index (κ2) is 4.56. The van der Waals surface area contributed by atoms with Crippen LogP contribution in [0.4, 0.5) is 5.82 Å². The molecule has 0 aliphatic carbocycles. The number of hydrogen-bond donors (Lipinski definition) is 1. The number of hydrogen-bond acceptors (Lipinski definition) is 4. The van der Waals surface area contributed by atoms with Gasteiger partial charge in [-0.2, -0.15) is 0 Å². The summed E-state index contributed by atoms with van der Waals surface area (Å²) < 4.78 is 12.0. The van der Waals surface area contributed by atoms with E-state index < -0.39 is 7.14 Å². The molecule has 2 heterocycles. The summed E-state index contributed by atoms with van der Waals surface area (Å²) in [4.78, 5) is 6.59. The molecule has 0 radical (unpaired) electrons. The standard InChI is InChI=1S/C11H18N3OP/c1-16(2,15)10-3-4-13-11(9-10)14-7-5-12-6-8-14/h3-4,9,12H,5-8H2,1-2H3. The van der Waals surface area contributed by atoms with Crippen molar-refractivity contribution < 1.29 is 4.57 Å². The highest BCUT2D eigenvalue weighted by Gasteiger charge is 2.15. The van der Waals surface area contributed by atoms with Gasteiger partial charge in [-0.15, -0.1) is 0 Å². The van der Waals surface area contributed by atoms with Crippen molar-refractivity contribution in [2.75, 3.05) is 44.4 Å². The van der Waals surface area contributed by atoms with Gasteiger partial charge < -0.3 is 14.8 Å². The van der Waals surface area contributed by atoms with Gasteiger partial charge in [0.2, 0.25) is 0 Å². The maximum Gasteiger partial charge on any atom is 0.129 e. The Morgan fingerprint density at radius 3 is 2.69 bits per heavy atom. The van der Waals surface area contributed by atoms with Gasteiger partial charge in [-0.25, -0.2) is 4.98 Å². The number of piperazine rings is 1. The van der Waals surface area contributed by atoms with Crippen LogP contribution in [-0.4, -0.2) is 44.5 Å². The lowest BCUT2D eigenvalue weighted by Gasteiger charge is -2.28. The van der Waals surface area contributed by atoms with E-state index in [0.29, 0.717) is 0 Å². The van der Waals surface area contributed by atoms with Crippen molar-refractivity contribution >= 4 is 18.3 Å². The lowest BCUT2D eigenvalue weighted by Crippen LogP contribution is -2.44. The normalized spacial score (nSPS) is 17.5. The Hall–Kier alpha value is -0.860. The van der Waals surface area contributed by atoms with E-state index in [4.69, 9.17) is 0 Å². The zero-order valence-electron chi connectivity index (χ0n) is 9.81. The molecule has 0 saturated carbocycles. The quantitative estimate of drug-likeness (QED) is 0.773. The Morgan fingerprint density at radius 2 is 2.06 bits per heavy atom. The number of nitrogens with zero attached hydrogens (tertiary/aromatic N) is 2. The molecule has 16 heavy (non-hydrogen) atoms. The van der Waals surface area contributed by atoms with Gasteiger partial charge in [0.1, 0.15) is 13.0 Å². The molecule has 88 valence electrons. The van der Waals surface area contributed by atoms with Crippen molar-refractivity contribution in [2.24, 2.45) is 0 Å². The molecule has 0 spiro atoms. The summed E-state index contributed by atoms with van der Waals surface area (Å²) in [6, 6.07) is 3.82. The monoisotopic (exact) mass is 239 g/mol. The van der Waals surface area contributed by atoms with E-state index >= 15 is 0 Å². The van der Waals surface area contributed by atoms with Crippen LogP contribution >= 0.6 is 7.14 Å². The summed E-state index contributed by atoms with van der Waals surface area (Å²) in [7, 11) is -2.18. The van der Waals surface area contributed by atoms with Gasteiger partial charge in [0.15, 0.2) is 0 Å². The van der Waals surface area contributed by atoms with Gasteiger partial charge in [0, 0.05) is 37.7 Å². The molecule has 1 saturated heterocycles. The lowest BCUT2D eigenvalue weighted by atomic mass is 10.3. The van der Waals surface area contributed by atoms with Crippen molar-refractivity contribution in [3.8, 4) is 0 Å². The molecule has 1 aliphatic rings. The first-order valence-corrected chi connectivity index (χ1v) is 8.15. The van der Waals surface area contributed by atoms with E-state index in [1.807, 2.05) is 12.1 Å². The number of nitrogens with one attached hydrogen (secondary N) is 1. The molecular formula is C11H18N3OP. The highest BCUT2D eigenvalue weighted by atomic mass is 31.2. The molecule has 1 aromatic heterocycles. The predicted octanol–water partition coefficient (Wildman–Crippen LogP) is 0.739. The third-order valence-electron chi connectivity index (χ3n) is 2.79. The highest BCUT2D eigenvalue weighted by Crippen LogP contribution is 2.35. The van der Waals surface area contributed by atoms with Gasteiger partial charge in [-0.1, -0.05) is 0 Å². The second-order valence-corrected chi connectivity index (χ2v) is 7.68. The molecule has 1 aromatic rings. The highest BCUT2D eigenvalue weighted by molar-refractivity contribution is 7.70. The van der Waals surface area contributed by atoms with Gasteiger partial charge >= 0.3 is 0 Å². The smallest absolute Gasteiger partial charge is 0.129 e. The van der Waals surface area contributed by atoms with Crippen LogP contribution in [0.25, 0.3) is 0 Å². The minimum atomic E-state index is -2.18. The van der Waals surface area contributed by atoms with E-state index in [9.17, 15) is 4.57 Å². The van der Waals surface area contributed by atoms with Crippen LogP contribution in [0.3, 0.4) is 0 Å². The van der Waals surface area contributed by atoms with E-state index in [1.54, 1.807) is 19.5 Å². The van der Waals surface area contributed by atoms with Crippen molar-refractivity contribution in [1.82, 2.24) is 10.3 Å². The topological polar surface area (TPSA) is 45.2 Å². The SMILES string of the molecule is CP(C)(=O)c1ccnc(N2CCNCC2)c1. The zero-order valence-corrected chi connectivity index (χ0v) is 10.7. The van der Waals surface area contributed by atoms with Crippen LogP contribution in [-0.2, 0) is 4.57 Å². The third kappa shape index (κ3) is 2.63. The molecule has 1 aliphatic heterocycles. The summed E-state index contributed by atoms with van der Waals surface area (Å²) in [5.41, 5.74) is 0. The average Bonchev–Trinajstić information content (AvgIpc) is 2.29. The van der Waals surface area contributed by atoms with Crippen molar-refractivity contribution in [3.63, 3.8) is 0 Å². The van der Waals surface area contributed by atoms with Crippen LogP contribution in [0.15, 0.2) is 18.3 Å². The largest absolute Gasteiger partial charge is 0.354 e. The molecule has 1 N–H and O–H groups in total. The van der Waals surface area contributed by atoms with E-state index in [2.05, 4.69) is 15.2 Å². The summed E-state index contributed by atoms with van der Waals surface area (Å²) in [6.07, 6.45) is 1.76. The fraction of sp³-hybridized carbons (Fsp3) is 0.545. The van der Waals surface area contributed by atoms with Crippen LogP contribution < -0.4 is 15.5 Å². The summed E-state index contributed by atoms with van der Waals surface area (Å²) >= 11 is 0. The maximum atomic E-state index is 12.0. The maximum absolute atomic E-state index is 12.0. The van der Waals surface area contributed by atoms with E-state index in [-0.39, 0.29) is 0 Å². The number of anilines is 1. The number of pyridine rings is 1. The summed E-state index contributed by atoms with van der Waals surface area (Å²) in [5, 5.41) is 4.22. The van der Waals surface area contributed by atoms with Gasteiger partial charge in [-0.3, -0.25) is 0 Å². The van der Waals surface area contributed by atoms with Crippen LogP contribution in [0, 0.1) is 0 Å². The Kier molecular flexibility index (Phi) is 3.31. The van der Waals surface area contributed by atoms with Crippen LogP contribution in [0.1, 0.15) is 0 Å². The number of aromatic nitrogens is 1. The molecule has 0 aromatic carbocycles. The van der Waals surface area contributed by atoms with Gasteiger partial charge in [-0.05, 0) is 25.5 Å². The summed E-state index contributed by atoms with van der Waals surface area (Å²) in [6.45, 7) is 7.50. The Labute approximate surface area is 96.4 Å².